The number of β-amino-alcohol motifs (C(OH)–C–C–N with tert-alkyl or cyclic N) is 1. The number of para-hydroxylation sites is 1. The molecule has 1 aliphatic heterocycles. The molecule has 5 aromatic rings. The van der Waals surface area contributed by atoms with E-state index in [4.69, 9.17) is 15.0 Å². The summed E-state index contributed by atoms with van der Waals surface area (Å²) in [5.41, 5.74) is 3.74. The van der Waals surface area contributed by atoms with Crippen LogP contribution in [0.15, 0.2) is 67.1 Å². The molecule has 1 saturated carbocycles. The number of hydrogen-bond donors (Lipinski definition) is 4. The van der Waals surface area contributed by atoms with E-state index in [1.54, 1.807) is 6.20 Å². The molecule has 0 radical (unpaired) electrons. The van der Waals surface area contributed by atoms with Crippen LogP contribution in [0.3, 0.4) is 0 Å². The third kappa shape index (κ3) is 4.75. The van der Waals surface area contributed by atoms with Crippen molar-refractivity contribution >= 4 is 39.3 Å². The largest absolute Gasteiger partial charge is 0.390 e. The molecule has 7 rings (SSSR count). The van der Waals surface area contributed by atoms with Crippen molar-refractivity contribution in [1.29, 1.82) is 0 Å². The molecule has 5 heterocycles. The van der Waals surface area contributed by atoms with Crippen LogP contribution in [-0.2, 0) is 0 Å². The van der Waals surface area contributed by atoms with Gasteiger partial charge in [0.1, 0.15) is 17.5 Å². The van der Waals surface area contributed by atoms with E-state index in [0.29, 0.717) is 24.1 Å². The summed E-state index contributed by atoms with van der Waals surface area (Å²) in [5.74, 6) is 3.18. The average molecular weight is 519 g/mol. The van der Waals surface area contributed by atoms with Gasteiger partial charge < -0.3 is 21.1 Å². The zero-order valence-electron chi connectivity index (χ0n) is 21.5. The molecule has 196 valence electrons. The van der Waals surface area contributed by atoms with Crippen LogP contribution in [0.4, 0.5) is 17.5 Å². The van der Waals surface area contributed by atoms with Gasteiger partial charge in [0.15, 0.2) is 5.82 Å². The number of rotatable bonds is 6. The van der Waals surface area contributed by atoms with E-state index >= 15 is 0 Å². The lowest BCUT2D eigenvalue weighted by Crippen LogP contribution is -2.47. The fourth-order valence-corrected chi connectivity index (χ4v) is 5.46. The molecule has 9 heteroatoms. The molecule has 39 heavy (non-hydrogen) atoms. The van der Waals surface area contributed by atoms with Gasteiger partial charge in [0.05, 0.1) is 29.4 Å². The molecule has 2 unspecified atom stereocenters. The van der Waals surface area contributed by atoms with Crippen LogP contribution >= 0.6 is 0 Å². The molecule has 0 bridgehead atoms. The molecule has 0 spiro atoms. The van der Waals surface area contributed by atoms with Crippen LogP contribution in [0.2, 0.25) is 0 Å². The van der Waals surface area contributed by atoms with Crippen molar-refractivity contribution in [2.45, 2.75) is 43.7 Å². The molecule has 9 nitrogen and oxygen atoms in total. The Morgan fingerprint density at radius 2 is 1.82 bits per heavy atom. The van der Waals surface area contributed by atoms with Gasteiger partial charge in [-0.3, -0.25) is 4.98 Å². The number of benzene rings is 1. The predicted octanol–water partition coefficient (Wildman–Crippen LogP) is 4.78. The number of hydrogen-bond acceptors (Lipinski definition) is 9. The quantitative estimate of drug-likeness (QED) is 0.252. The number of aliphatic hydroxyl groups excluding tert-OH is 1. The van der Waals surface area contributed by atoms with Gasteiger partial charge in [0, 0.05) is 35.3 Å². The van der Waals surface area contributed by atoms with Crippen molar-refractivity contribution in [2.24, 2.45) is 0 Å². The molecule has 2 fully saturated rings. The highest BCUT2D eigenvalue weighted by atomic mass is 16.3. The molecule has 0 amide bonds. The first-order chi connectivity index (χ1) is 19.2. The summed E-state index contributed by atoms with van der Waals surface area (Å²) in [6.45, 7) is 1.41. The maximum absolute atomic E-state index is 10.7. The van der Waals surface area contributed by atoms with Crippen molar-refractivity contribution in [2.75, 3.05) is 23.7 Å². The molecule has 1 aromatic carbocycles. The second-order valence-electron chi connectivity index (χ2n) is 10.4. The average Bonchev–Trinajstić information content (AvgIpc) is 2.93. The van der Waals surface area contributed by atoms with E-state index in [2.05, 4.69) is 25.9 Å². The van der Waals surface area contributed by atoms with Gasteiger partial charge in [-0.2, -0.15) is 0 Å². The first kappa shape index (κ1) is 23.9. The second kappa shape index (κ2) is 10.2. The molecule has 2 aliphatic rings. The van der Waals surface area contributed by atoms with Crippen LogP contribution in [0, 0.1) is 0 Å². The van der Waals surface area contributed by atoms with E-state index in [1.807, 2.05) is 60.9 Å². The van der Waals surface area contributed by atoms with E-state index in [9.17, 15) is 5.11 Å². The first-order valence-electron chi connectivity index (χ1n) is 13.6. The van der Waals surface area contributed by atoms with Crippen molar-refractivity contribution < 1.29 is 5.11 Å². The summed E-state index contributed by atoms with van der Waals surface area (Å²) in [5, 5.41) is 22.9. The molecule has 1 aliphatic carbocycles. The maximum atomic E-state index is 10.7. The van der Waals surface area contributed by atoms with Crippen molar-refractivity contribution in [3.63, 3.8) is 0 Å². The van der Waals surface area contributed by atoms with Gasteiger partial charge in [0.25, 0.3) is 0 Å². The van der Waals surface area contributed by atoms with Gasteiger partial charge >= 0.3 is 0 Å². The Bertz CT molecular complexity index is 1650. The van der Waals surface area contributed by atoms with E-state index in [-0.39, 0.29) is 6.04 Å². The number of piperidine rings is 1. The molecule has 2 atom stereocenters. The van der Waals surface area contributed by atoms with E-state index in [1.165, 1.54) is 12.0 Å². The molecule has 4 aromatic heterocycles. The van der Waals surface area contributed by atoms with Gasteiger partial charge in [0.2, 0.25) is 0 Å². The predicted molar refractivity (Wildman–Crippen MR) is 153 cm³/mol. The van der Waals surface area contributed by atoms with Crippen LogP contribution in [0.5, 0.6) is 0 Å². The number of nitrogens with one attached hydrogen (secondary N) is 3. The second-order valence-corrected chi connectivity index (χ2v) is 10.4. The van der Waals surface area contributed by atoms with Gasteiger partial charge in [-0.1, -0.05) is 24.6 Å². The highest BCUT2D eigenvalue weighted by Crippen LogP contribution is 2.41. The zero-order valence-corrected chi connectivity index (χ0v) is 21.5. The fraction of sp³-hybridized carbons (Fsp3) is 0.300. The van der Waals surface area contributed by atoms with Gasteiger partial charge in [-0.15, -0.1) is 0 Å². The van der Waals surface area contributed by atoms with Crippen LogP contribution in [0.1, 0.15) is 37.2 Å². The topological polar surface area (TPSA) is 121 Å². The van der Waals surface area contributed by atoms with Gasteiger partial charge in [-0.25, -0.2) is 19.9 Å². The van der Waals surface area contributed by atoms with Crippen LogP contribution in [-0.4, -0.2) is 55.3 Å². The molecular formula is C30H30N8O. The number of pyridine rings is 3. The molecule has 1 saturated heterocycles. The summed E-state index contributed by atoms with van der Waals surface area (Å²) in [6, 6.07) is 15.8. The summed E-state index contributed by atoms with van der Waals surface area (Å²) in [7, 11) is 0. The highest BCUT2D eigenvalue weighted by Gasteiger charge is 2.28. The third-order valence-electron chi connectivity index (χ3n) is 7.83. The van der Waals surface area contributed by atoms with Gasteiger partial charge in [-0.05, 0) is 67.6 Å². The Kier molecular flexibility index (Phi) is 6.22. The molecular weight excluding hydrogens is 488 g/mol. The standard InChI is InChI=1S/C30H30N8O/c39-25-17-31-12-11-23(25)35-30-28-21(18-5-3-6-18)15-32-16-24(28)36-29(38-30)20-10-13-33-27(14-20)37-26-9-8-19-4-1-2-7-22(19)34-26/h1-2,4,7-10,13-16,18,23,25,31,39H,3,5-6,11-12,17H2,(H,33,34,37)(H,35,36,38). The monoisotopic (exact) mass is 518 g/mol. The minimum Gasteiger partial charge on any atom is -0.390 e. The van der Waals surface area contributed by atoms with Crippen molar-refractivity contribution in [1.82, 2.24) is 30.2 Å². The summed E-state index contributed by atoms with van der Waals surface area (Å²) >= 11 is 0. The number of aliphatic hydroxyl groups is 1. The SMILES string of the molecule is OC1CNCCC1Nc1nc(-c2ccnc(Nc3ccc4ccccc4n3)c2)nc2cncc(C3CCC3)c12. The Labute approximate surface area is 226 Å². The Morgan fingerprint density at radius 1 is 0.897 bits per heavy atom. The Morgan fingerprint density at radius 3 is 2.69 bits per heavy atom. The summed E-state index contributed by atoms with van der Waals surface area (Å²) in [4.78, 5) is 23.7. The minimum atomic E-state index is -0.493. The lowest BCUT2D eigenvalue weighted by molar-refractivity contribution is 0.128. The smallest absolute Gasteiger partial charge is 0.162 e. The van der Waals surface area contributed by atoms with Crippen molar-refractivity contribution in [3.05, 3.63) is 72.7 Å². The normalized spacial score (nSPS) is 19.6. The first-order valence-corrected chi connectivity index (χ1v) is 13.6. The lowest BCUT2D eigenvalue weighted by Gasteiger charge is -2.31. The number of fused-ring (bicyclic) bond motifs is 2. The third-order valence-corrected chi connectivity index (χ3v) is 7.83. The highest BCUT2D eigenvalue weighted by molar-refractivity contribution is 5.93. The Hall–Kier alpha value is -4.21. The minimum absolute atomic E-state index is 0.0896. The number of aromatic nitrogens is 5. The lowest BCUT2D eigenvalue weighted by atomic mass is 9.79. The van der Waals surface area contributed by atoms with E-state index in [0.717, 1.165) is 64.8 Å². The van der Waals surface area contributed by atoms with E-state index < -0.39 is 6.10 Å². The van der Waals surface area contributed by atoms with Crippen molar-refractivity contribution in [3.8, 4) is 11.4 Å². The number of anilines is 3. The maximum Gasteiger partial charge on any atom is 0.162 e. The summed E-state index contributed by atoms with van der Waals surface area (Å²) < 4.78 is 0. The van der Waals surface area contributed by atoms with Crippen LogP contribution in [0.25, 0.3) is 33.2 Å². The zero-order chi connectivity index (χ0) is 26.2. The number of nitrogens with zero attached hydrogens (tertiary/aromatic N) is 5. The summed E-state index contributed by atoms with van der Waals surface area (Å²) in [6.07, 6.45) is 9.38. The Balaban J connectivity index is 1.27. The fourth-order valence-electron chi connectivity index (χ4n) is 5.46. The molecule has 4 N–H and O–H groups in total. The van der Waals surface area contributed by atoms with Crippen LogP contribution < -0.4 is 16.0 Å².